The molecule has 5 nitrogen and oxygen atoms in total. The Morgan fingerprint density at radius 1 is 1.69 bits per heavy atom. The number of aliphatic hydroxyl groups excluding tert-OH is 1. The van der Waals surface area contributed by atoms with Gasteiger partial charge in [-0.25, -0.2) is 4.98 Å². The second kappa shape index (κ2) is 4.84. The van der Waals surface area contributed by atoms with E-state index in [2.05, 4.69) is 15.3 Å². The van der Waals surface area contributed by atoms with Crippen molar-refractivity contribution in [1.29, 1.82) is 0 Å². The number of rotatable bonds is 4. The summed E-state index contributed by atoms with van der Waals surface area (Å²) in [6, 6.07) is 0. The second-order valence-corrected chi connectivity index (χ2v) is 2.58. The smallest absolute Gasteiger partial charge is 0.237 e. The van der Waals surface area contributed by atoms with Crippen molar-refractivity contribution >= 4 is 17.5 Å². The Kier molecular flexibility index (Phi) is 3.72. The maximum absolute atomic E-state index is 8.52. The maximum Gasteiger partial charge on any atom is 0.237 e. The van der Waals surface area contributed by atoms with Crippen LogP contribution in [0.15, 0.2) is 6.20 Å². The van der Waals surface area contributed by atoms with Gasteiger partial charge in [0.1, 0.15) is 11.6 Å². The SMILES string of the molecule is CNc1ncc(Cl)c(OCCO)n1. The highest BCUT2D eigenvalue weighted by Gasteiger charge is 2.04. The predicted molar refractivity (Wildman–Crippen MR) is 49.2 cm³/mol. The van der Waals surface area contributed by atoms with Crippen molar-refractivity contribution in [2.45, 2.75) is 0 Å². The van der Waals surface area contributed by atoms with Crippen molar-refractivity contribution in [2.24, 2.45) is 0 Å². The van der Waals surface area contributed by atoms with Gasteiger partial charge in [0.2, 0.25) is 11.8 Å². The topological polar surface area (TPSA) is 67.3 Å². The van der Waals surface area contributed by atoms with Gasteiger partial charge in [-0.15, -0.1) is 0 Å². The van der Waals surface area contributed by atoms with Crippen LogP contribution in [0.25, 0.3) is 0 Å². The van der Waals surface area contributed by atoms with E-state index in [1.807, 2.05) is 0 Å². The highest BCUT2D eigenvalue weighted by Crippen LogP contribution is 2.21. The third-order valence-electron chi connectivity index (χ3n) is 1.27. The summed E-state index contributed by atoms with van der Waals surface area (Å²) in [6.45, 7) is 0.0924. The lowest BCUT2D eigenvalue weighted by Gasteiger charge is -2.05. The molecule has 0 saturated carbocycles. The average molecular weight is 204 g/mol. The summed E-state index contributed by atoms with van der Waals surface area (Å²) >= 11 is 5.73. The zero-order valence-corrected chi connectivity index (χ0v) is 7.88. The first kappa shape index (κ1) is 10.0. The number of hydrogen-bond donors (Lipinski definition) is 2. The fraction of sp³-hybridized carbons (Fsp3) is 0.429. The van der Waals surface area contributed by atoms with Crippen LogP contribution < -0.4 is 10.1 Å². The molecular formula is C7H10ClN3O2. The van der Waals surface area contributed by atoms with E-state index in [4.69, 9.17) is 21.4 Å². The van der Waals surface area contributed by atoms with Gasteiger partial charge in [0.15, 0.2) is 0 Å². The van der Waals surface area contributed by atoms with Crippen LogP contribution in [0.2, 0.25) is 5.02 Å². The molecule has 0 aromatic carbocycles. The molecule has 0 aliphatic carbocycles. The fourth-order valence-electron chi connectivity index (χ4n) is 0.715. The Bertz CT molecular complexity index is 282. The van der Waals surface area contributed by atoms with Crippen LogP contribution in [-0.2, 0) is 0 Å². The second-order valence-electron chi connectivity index (χ2n) is 2.17. The number of aromatic nitrogens is 2. The predicted octanol–water partition coefficient (Wildman–Crippen LogP) is 0.543. The molecule has 0 fully saturated rings. The van der Waals surface area contributed by atoms with E-state index in [0.29, 0.717) is 11.0 Å². The van der Waals surface area contributed by atoms with E-state index >= 15 is 0 Å². The summed E-state index contributed by atoms with van der Waals surface area (Å²) in [4.78, 5) is 7.81. The molecule has 0 radical (unpaired) electrons. The average Bonchev–Trinajstić information content (AvgIpc) is 2.17. The molecule has 0 aliphatic rings. The molecule has 0 bridgehead atoms. The van der Waals surface area contributed by atoms with E-state index < -0.39 is 0 Å². The molecule has 1 rings (SSSR count). The lowest BCUT2D eigenvalue weighted by molar-refractivity contribution is 0.197. The van der Waals surface area contributed by atoms with Gasteiger partial charge in [0.05, 0.1) is 12.8 Å². The summed E-state index contributed by atoms with van der Waals surface area (Å²) in [7, 11) is 1.69. The van der Waals surface area contributed by atoms with Crippen LogP contribution in [0.1, 0.15) is 0 Å². The first-order valence-corrected chi connectivity index (χ1v) is 4.09. The molecule has 1 heterocycles. The summed E-state index contributed by atoms with van der Waals surface area (Å²) in [5.41, 5.74) is 0. The number of ether oxygens (including phenoxy) is 1. The van der Waals surface area contributed by atoms with Crippen LogP contribution in [0.4, 0.5) is 5.95 Å². The van der Waals surface area contributed by atoms with Gasteiger partial charge in [0, 0.05) is 7.05 Å². The molecule has 72 valence electrons. The fourth-order valence-corrected chi connectivity index (χ4v) is 0.861. The van der Waals surface area contributed by atoms with Gasteiger partial charge in [-0.1, -0.05) is 11.6 Å². The van der Waals surface area contributed by atoms with Crippen molar-refractivity contribution in [1.82, 2.24) is 9.97 Å². The molecule has 13 heavy (non-hydrogen) atoms. The normalized spacial score (nSPS) is 9.77. The maximum atomic E-state index is 8.52. The van der Waals surface area contributed by atoms with Gasteiger partial charge in [-0.05, 0) is 0 Å². The molecule has 0 unspecified atom stereocenters. The largest absolute Gasteiger partial charge is 0.474 e. The Balaban J connectivity index is 2.78. The molecule has 2 N–H and O–H groups in total. The number of nitrogens with one attached hydrogen (secondary N) is 1. The van der Waals surface area contributed by atoms with E-state index in [-0.39, 0.29) is 19.1 Å². The standard InChI is InChI=1S/C7H10ClN3O2/c1-9-7-10-4-5(8)6(11-7)13-3-2-12/h4,12H,2-3H2,1H3,(H,9,10,11). The number of aliphatic hydroxyl groups is 1. The molecule has 0 saturated heterocycles. The van der Waals surface area contributed by atoms with Gasteiger partial charge >= 0.3 is 0 Å². The Hall–Kier alpha value is -1.07. The summed E-state index contributed by atoms with van der Waals surface area (Å²) in [5.74, 6) is 0.701. The first-order valence-electron chi connectivity index (χ1n) is 3.72. The highest BCUT2D eigenvalue weighted by molar-refractivity contribution is 6.31. The lowest BCUT2D eigenvalue weighted by atomic mass is 10.6. The molecule has 6 heteroatoms. The number of halogens is 1. The van der Waals surface area contributed by atoms with Crippen LogP contribution in [0.3, 0.4) is 0 Å². The van der Waals surface area contributed by atoms with Crippen LogP contribution in [0, 0.1) is 0 Å². The van der Waals surface area contributed by atoms with Crippen molar-refractivity contribution in [2.75, 3.05) is 25.6 Å². The Labute approximate surface area is 80.7 Å². The van der Waals surface area contributed by atoms with Crippen LogP contribution >= 0.6 is 11.6 Å². The number of hydrogen-bond acceptors (Lipinski definition) is 5. The van der Waals surface area contributed by atoms with E-state index in [0.717, 1.165) is 0 Å². The van der Waals surface area contributed by atoms with Crippen LogP contribution in [-0.4, -0.2) is 35.3 Å². The Morgan fingerprint density at radius 2 is 2.46 bits per heavy atom. The zero-order chi connectivity index (χ0) is 9.68. The van der Waals surface area contributed by atoms with Crippen LogP contribution in [0.5, 0.6) is 5.88 Å². The van der Waals surface area contributed by atoms with E-state index in [9.17, 15) is 0 Å². The molecule has 1 aromatic heterocycles. The summed E-state index contributed by atoms with van der Waals surface area (Å²) in [6.07, 6.45) is 1.44. The molecular weight excluding hydrogens is 194 g/mol. The monoisotopic (exact) mass is 203 g/mol. The van der Waals surface area contributed by atoms with E-state index in [1.165, 1.54) is 6.20 Å². The Morgan fingerprint density at radius 3 is 3.08 bits per heavy atom. The molecule has 0 amide bonds. The van der Waals surface area contributed by atoms with Gasteiger partial charge in [0.25, 0.3) is 0 Å². The van der Waals surface area contributed by atoms with Gasteiger partial charge in [-0.2, -0.15) is 4.98 Å². The van der Waals surface area contributed by atoms with Crippen molar-refractivity contribution in [3.05, 3.63) is 11.2 Å². The highest BCUT2D eigenvalue weighted by atomic mass is 35.5. The first-order chi connectivity index (χ1) is 6.27. The minimum atomic E-state index is -0.0742. The molecule has 0 spiro atoms. The zero-order valence-electron chi connectivity index (χ0n) is 7.12. The summed E-state index contributed by atoms with van der Waals surface area (Å²) in [5, 5.41) is 11.6. The van der Waals surface area contributed by atoms with E-state index in [1.54, 1.807) is 7.05 Å². The number of anilines is 1. The van der Waals surface area contributed by atoms with Crippen molar-refractivity contribution in [3.8, 4) is 5.88 Å². The minimum absolute atomic E-state index is 0.0742. The molecule has 0 aliphatic heterocycles. The molecule has 0 atom stereocenters. The van der Waals surface area contributed by atoms with Crippen molar-refractivity contribution in [3.63, 3.8) is 0 Å². The molecule has 1 aromatic rings. The van der Waals surface area contributed by atoms with Gasteiger partial charge in [-0.3, -0.25) is 0 Å². The lowest BCUT2D eigenvalue weighted by Crippen LogP contribution is -2.05. The minimum Gasteiger partial charge on any atom is -0.474 e. The third kappa shape index (κ3) is 2.71. The quantitative estimate of drug-likeness (QED) is 0.748. The van der Waals surface area contributed by atoms with Gasteiger partial charge < -0.3 is 15.2 Å². The third-order valence-corrected chi connectivity index (χ3v) is 1.52. The summed E-state index contributed by atoms with van der Waals surface area (Å²) < 4.78 is 5.06. The number of nitrogens with zero attached hydrogens (tertiary/aromatic N) is 2. The van der Waals surface area contributed by atoms with Crippen molar-refractivity contribution < 1.29 is 9.84 Å².